The van der Waals surface area contributed by atoms with Gasteiger partial charge in [0, 0.05) is 5.56 Å². The van der Waals surface area contributed by atoms with E-state index < -0.39 is 0 Å². The molecule has 2 nitrogen and oxygen atoms in total. The Labute approximate surface area is 110 Å². The molecule has 0 N–H and O–H groups in total. The number of hydrogen-bond donors (Lipinski definition) is 0. The van der Waals surface area contributed by atoms with E-state index in [-0.39, 0.29) is 5.41 Å². The van der Waals surface area contributed by atoms with E-state index in [9.17, 15) is 0 Å². The SMILES string of the molecule is CC(C)(C)c1ccc(-c2cnc(Br)cn2)cc1. The first-order valence-electron chi connectivity index (χ1n) is 5.55. The van der Waals surface area contributed by atoms with Crippen LogP contribution in [0.2, 0.25) is 0 Å². The maximum atomic E-state index is 4.33. The van der Waals surface area contributed by atoms with Crippen LogP contribution in [0.25, 0.3) is 11.3 Å². The molecule has 3 heteroatoms. The average molecular weight is 291 g/mol. The Kier molecular flexibility index (Phi) is 3.29. The zero-order valence-corrected chi connectivity index (χ0v) is 11.8. The second kappa shape index (κ2) is 4.57. The zero-order chi connectivity index (χ0) is 12.5. The molecule has 0 bridgehead atoms. The van der Waals surface area contributed by atoms with E-state index >= 15 is 0 Å². The van der Waals surface area contributed by atoms with Crippen LogP contribution >= 0.6 is 15.9 Å². The Bertz CT molecular complexity index is 495. The van der Waals surface area contributed by atoms with Crippen molar-refractivity contribution in [2.24, 2.45) is 0 Å². The molecule has 0 amide bonds. The molecule has 0 aliphatic heterocycles. The van der Waals surface area contributed by atoms with E-state index in [2.05, 4.69) is 70.9 Å². The van der Waals surface area contributed by atoms with Gasteiger partial charge in [0.25, 0.3) is 0 Å². The standard InChI is InChI=1S/C14H15BrN2/c1-14(2,3)11-6-4-10(5-7-11)12-8-17-13(15)9-16-12/h4-9H,1-3H3. The molecule has 17 heavy (non-hydrogen) atoms. The van der Waals surface area contributed by atoms with Crippen molar-refractivity contribution in [3.63, 3.8) is 0 Å². The van der Waals surface area contributed by atoms with Crippen LogP contribution in [-0.4, -0.2) is 9.97 Å². The summed E-state index contributed by atoms with van der Waals surface area (Å²) in [6.07, 6.45) is 3.49. The predicted octanol–water partition coefficient (Wildman–Crippen LogP) is 4.20. The van der Waals surface area contributed by atoms with Crippen LogP contribution in [0.5, 0.6) is 0 Å². The van der Waals surface area contributed by atoms with Crippen molar-refractivity contribution in [3.8, 4) is 11.3 Å². The first-order valence-corrected chi connectivity index (χ1v) is 6.34. The van der Waals surface area contributed by atoms with Crippen LogP contribution in [0.15, 0.2) is 41.3 Å². The highest BCUT2D eigenvalue weighted by molar-refractivity contribution is 9.10. The van der Waals surface area contributed by atoms with E-state index in [1.165, 1.54) is 5.56 Å². The molecule has 0 spiro atoms. The summed E-state index contributed by atoms with van der Waals surface area (Å²) in [6, 6.07) is 8.50. The van der Waals surface area contributed by atoms with Crippen LogP contribution in [0.4, 0.5) is 0 Å². The predicted molar refractivity (Wildman–Crippen MR) is 73.9 cm³/mol. The number of aromatic nitrogens is 2. The van der Waals surface area contributed by atoms with Crippen molar-refractivity contribution < 1.29 is 0 Å². The smallest absolute Gasteiger partial charge is 0.124 e. The molecule has 0 saturated heterocycles. The first-order chi connectivity index (χ1) is 7.97. The van der Waals surface area contributed by atoms with E-state index in [1.54, 1.807) is 12.4 Å². The summed E-state index contributed by atoms with van der Waals surface area (Å²) in [5.41, 5.74) is 3.50. The van der Waals surface area contributed by atoms with Crippen LogP contribution in [0, 0.1) is 0 Å². The topological polar surface area (TPSA) is 25.8 Å². The highest BCUT2D eigenvalue weighted by Crippen LogP contribution is 2.25. The lowest BCUT2D eigenvalue weighted by atomic mass is 9.86. The Morgan fingerprint density at radius 1 is 0.941 bits per heavy atom. The van der Waals surface area contributed by atoms with Crippen molar-refractivity contribution in [3.05, 3.63) is 46.8 Å². The summed E-state index contributed by atoms with van der Waals surface area (Å²) in [5, 5.41) is 0. The van der Waals surface area contributed by atoms with Crippen LogP contribution < -0.4 is 0 Å². The average Bonchev–Trinajstić information content (AvgIpc) is 2.29. The highest BCUT2D eigenvalue weighted by atomic mass is 79.9. The second-order valence-corrected chi connectivity index (χ2v) is 5.86. The molecule has 0 atom stereocenters. The van der Waals surface area contributed by atoms with Gasteiger partial charge in [0.05, 0.1) is 18.1 Å². The maximum absolute atomic E-state index is 4.33. The van der Waals surface area contributed by atoms with Gasteiger partial charge in [-0.25, -0.2) is 4.98 Å². The number of benzene rings is 1. The third-order valence-corrected chi connectivity index (χ3v) is 3.08. The van der Waals surface area contributed by atoms with Gasteiger partial charge in [0.1, 0.15) is 4.60 Å². The Balaban J connectivity index is 2.33. The van der Waals surface area contributed by atoms with Crippen molar-refractivity contribution in [2.45, 2.75) is 26.2 Å². The number of rotatable bonds is 1. The van der Waals surface area contributed by atoms with Gasteiger partial charge in [-0.2, -0.15) is 0 Å². The van der Waals surface area contributed by atoms with Gasteiger partial charge in [-0.3, -0.25) is 4.98 Å². The monoisotopic (exact) mass is 290 g/mol. The molecule has 0 aliphatic rings. The number of halogens is 1. The Morgan fingerprint density at radius 2 is 1.59 bits per heavy atom. The molecular weight excluding hydrogens is 276 g/mol. The molecular formula is C14H15BrN2. The molecule has 0 saturated carbocycles. The fraction of sp³-hybridized carbons (Fsp3) is 0.286. The van der Waals surface area contributed by atoms with Crippen molar-refractivity contribution in [1.82, 2.24) is 9.97 Å². The van der Waals surface area contributed by atoms with E-state index in [0.717, 1.165) is 15.9 Å². The summed E-state index contributed by atoms with van der Waals surface area (Å²) in [7, 11) is 0. The molecule has 0 fully saturated rings. The van der Waals surface area contributed by atoms with Crippen LogP contribution in [-0.2, 0) is 5.41 Å². The molecule has 1 aromatic carbocycles. The fourth-order valence-corrected chi connectivity index (χ4v) is 1.81. The van der Waals surface area contributed by atoms with Crippen molar-refractivity contribution in [1.29, 1.82) is 0 Å². The summed E-state index contributed by atoms with van der Waals surface area (Å²) in [6.45, 7) is 6.63. The molecule has 2 rings (SSSR count). The van der Waals surface area contributed by atoms with E-state index in [4.69, 9.17) is 0 Å². The van der Waals surface area contributed by atoms with Crippen LogP contribution in [0.3, 0.4) is 0 Å². The van der Waals surface area contributed by atoms with Gasteiger partial charge in [-0.1, -0.05) is 45.0 Å². The van der Waals surface area contributed by atoms with E-state index in [0.29, 0.717) is 0 Å². The van der Waals surface area contributed by atoms with E-state index in [1.807, 2.05) is 0 Å². The zero-order valence-electron chi connectivity index (χ0n) is 10.2. The first kappa shape index (κ1) is 12.2. The largest absolute Gasteiger partial charge is 0.252 e. The van der Waals surface area contributed by atoms with Crippen molar-refractivity contribution in [2.75, 3.05) is 0 Å². The molecule has 0 unspecified atom stereocenters. The Hall–Kier alpha value is -1.22. The quantitative estimate of drug-likeness (QED) is 0.786. The normalized spacial score (nSPS) is 11.5. The number of hydrogen-bond acceptors (Lipinski definition) is 2. The minimum Gasteiger partial charge on any atom is -0.252 e. The van der Waals surface area contributed by atoms with Gasteiger partial charge < -0.3 is 0 Å². The fourth-order valence-electron chi connectivity index (χ4n) is 1.60. The third kappa shape index (κ3) is 2.91. The minimum atomic E-state index is 0.184. The second-order valence-electron chi connectivity index (χ2n) is 5.05. The Morgan fingerprint density at radius 3 is 2.06 bits per heavy atom. The molecule has 0 radical (unpaired) electrons. The lowest BCUT2D eigenvalue weighted by molar-refractivity contribution is 0.590. The highest BCUT2D eigenvalue weighted by Gasteiger charge is 2.13. The molecule has 0 aliphatic carbocycles. The van der Waals surface area contributed by atoms with Crippen LogP contribution in [0.1, 0.15) is 26.3 Å². The molecule has 1 aromatic heterocycles. The lowest BCUT2D eigenvalue weighted by Crippen LogP contribution is -2.10. The van der Waals surface area contributed by atoms with Gasteiger partial charge in [-0.15, -0.1) is 0 Å². The van der Waals surface area contributed by atoms with Gasteiger partial charge in [-0.05, 0) is 26.9 Å². The summed E-state index contributed by atoms with van der Waals surface area (Å²) in [4.78, 5) is 8.51. The van der Waals surface area contributed by atoms with Gasteiger partial charge >= 0.3 is 0 Å². The van der Waals surface area contributed by atoms with Crippen molar-refractivity contribution >= 4 is 15.9 Å². The summed E-state index contributed by atoms with van der Waals surface area (Å²) in [5.74, 6) is 0. The third-order valence-electron chi connectivity index (χ3n) is 2.67. The summed E-state index contributed by atoms with van der Waals surface area (Å²) >= 11 is 3.28. The molecule has 2 aromatic rings. The summed E-state index contributed by atoms with van der Waals surface area (Å²) < 4.78 is 0.757. The van der Waals surface area contributed by atoms with Gasteiger partial charge in [0.2, 0.25) is 0 Å². The molecule has 1 heterocycles. The lowest BCUT2D eigenvalue weighted by Gasteiger charge is -2.19. The number of nitrogens with zero attached hydrogens (tertiary/aromatic N) is 2. The maximum Gasteiger partial charge on any atom is 0.124 e. The van der Waals surface area contributed by atoms with Gasteiger partial charge in [0.15, 0.2) is 0 Å². The minimum absolute atomic E-state index is 0.184. The molecule has 88 valence electrons.